The van der Waals surface area contributed by atoms with Crippen LogP contribution in [0.25, 0.3) is 0 Å². The maximum Gasteiger partial charge on any atom is 0.215 e. The Bertz CT molecular complexity index is 733. The molecule has 2 aromatic rings. The van der Waals surface area contributed by atoms with E-state index in [1.165, 1.54) is 0 Å². The average Bonchev–Trinajstić information content (AvgIpc) is 2.49. The summed E-state index contributed by atoms with van der Waals surface area (Å²) in [6.07, 6.45) is 0. The zero-order chi connectivity index (χ0) is 16.2. The van der Waals surface area contributed by atoms with Crippen molar-refractivity contribution in [3.63, 3.8) is 0 Å². The van der Waals surface area contributed by atoms with Gasteiger partial charge in [-0.15, -0.1) is 0 Å². The second-order valence-corrected chi connectivity index (χ2v) is 7.79. The van der Waals surface area contributed by atoms with Gasteiger partial charge < -0.3 is 0 Å². The molecule has 0 aromatic heterocycles. The number of benzene rings is 2. The van der Waals surface area contributed by atoms with Gasteiger partial charge in [0.05, 0.1) is 15.8 Å². The number of hydrogen-bond donors (Lipinski definition) is 1. The van der Waals surface area contributed by atoms with E-state index >= 15 is 0 Å². The number of sulfonamides is 1. The van der Waals surface area contributed by atoms with Crippen molar-refractivity contribution in [3.8, 4) is 0 Å². The molecule has 0 aliphatic carbocycles. The Morgan fingerprint density at radius 1 is 1.05 bits per heavy atom. The standard InChI is InChI=1S/C16H17Cl2NO2S/c1-12(14-5-3-2-4-6-14)10-19-22(20,21)11-13-7-8-15(17)16(18)9-13/h2-9,12,19H,10-11H2,1H3/t12-/m1/s1. The van der Waals surface area contributed by atoms with Crippen LogP contribution in [-0.2, 0) is 15.8 Å². The fourth-order valence-corrected chi connectivity index (χ4v) is 3.60. The van der Waals surface area contributed by atoms with Crippen LogP contribution in [-0.4, -0.2) is 15.0 Å². The highest BCUT2D eigenvalue weighted by Gasteiger charge is 2.14. The molecule has 0 bridgehead atoms. The largest absolute Gasteiger partial charge is 0.215 e. The number of halogens is 2. The molecule has 1 N–H and O–H groups in total. The van der Waals surface area contributed by atoms with Crippen molar-refractivity contribution < 1.29 is 8.42 Å². The fraction of sp³-hybridized carbons (Fsp3) is 0.250. The third-order valence-corrected chi connectivity index (χ3v) is 5.38. The second-order valence-electron chi connectivity index (χ2n) is 5.17. The van der Waals surface area contributed by atoms with E-state index < -0.39 is 10.0 Å². The summed E-state index contributed by atoms with van der Waals surface area (Å²) in [7, 11) is -3.42. The molecule has 0 fully saturated rings. The molecule has 22 heavy (non-hydrogen) atoms. The lowest BCUT2D eigenvalue weighted by atomic mass is 10.0. The highest BCUT2D eigenvalue weighted by molar-refractivity contribution is 7.88. The van der Waals surface area contributed by atoms with Gasteiger partial charge >= 0.3 is 0 Å². The van der Waals surface area contributed by atoms with Gasteiger partial charge in [-0.25, -0.2) is 13.1 Å². The van der Waals surface area contributed by atoms with Crippen LogP contribution in [0.2, 0.25) is 10.0 Å². The van der Waals surface area contributed by atoms with Gasteiger partial charge in [-0.05, 0) is 29.2 Å². The van der Waals surface area contributed by atoms with Gasteiger partial charge in [-0.2, -0.15) is 0 Å². The molecule has 0 amide bonds. The molecule has 0 saturated heterocycles. The first-order chi connectivity index (χ1) is 10.4. The van der Waals surface area contributed by atoms with Crippen molar-refractivity contribution in [2.45, 2.75) is 18.6 Å². The smallest absolute Gasteiger partial charge is 0.214 e. The number of rotatable bonds is 6. The van der Waals surface area contributed by atoms with E-state index in [0.717, 1.165) is 5.56 Å². The molecule has 0 aliphatic heterocycles. The SMILES string of the molecule is C[C@H](CNS(=O)(=O)Cc1ccc(Cl)c(Cl)c1)c1ccccc1. The lowest BCUT2D eigenvalue weighted by Gasteiger charge is -2.13. The molecule has 0 saturated carbocycles. The first-order valence-electron chi connectivity index (χ1n) is 6.83. The normalized spacial score (nSPS) is 13.0. The lowest BCUT2D eigenvalue weighted by Crippen LogP contribution is -2.28. The first kappa shape index (κ1) is 17.3. The Balaban J connectivity index is 1.98. The van der Waals surface area contributed by atoms with Crippen LogP contribution in [0.4, 0.5) is 0 Å². The molecular formula is C16H17Cl2NO2S. The first-order valence-corrected chi connectivity index (χ1v) is 9.24. The van der Waals surface area contributed by atoms with E-state index in [9.17, 15) is 8.42 Å². The van der Waals surface area contributed by atoms with Gasteiger partial charge in [0, 0.05) is 6.54 Å². The summed E-state index contributed by atoms with van der Waals surface area (Å²) in [6.45, 7) is 2.34. The van der Waals surface area contributed by atoms with E-state index in [4.69, 9.17) is 23.2 Å². The summed E-state index contributed by atoms with van der Waals surface area (Å²) < 4.78 is 26.9. The Hall–Kier alpha value is -1.07. The maximum atomic E-state index is 12.1. The Morgan fingerprint density at radius 3 is 2.36 bits per heavy atom. The zero-order valence-corrected chi connectivity index (χ0v) is 14.4. The summed E-state index contributed by atoms with van der Waals surface area (Å²) in [4.78, 5) is 0. The fourth-order valence-electron chi connectivity index (χ4n) is 2.05. The summed E-state index contributed by atoms with van der Waals surface area (Å²) >= 11 is 11.7. The van der Waals surface area contributed by atoms with Gasteiger partial charge in [-0.1, -0.05) is 66.5 Å². The summed E-state index contributed by atoms with van der Waals surface area (Å²) in [6, 6.07) is 14.6. The van der Waals surface area contributed by atoms with Crippen molar-refractivity contribution in [3.05, 3.63) is 69.7 Å². The van der Waals surface area contributed by atoms with E-state index in [0.29, 0.717) is 22.2 Å². The summed E-state index contributed by atoms with van der Waals surface area (Å²) in [5.74, 6) is -0.0180. The number of nitrogens with one attached hydrogen (secondary N) is 1. The van der Waals surface area contributed by atoms with Crippen LogP contribution in [0, 0.1) is 0 Å². The molecule has 118 valence electrons. The quantitative estimate of drug-likeness (QED) is 0.841. The van der Waals surface area contributed by atoms with Crippen LogP contribution >= 0.6 is 23.2 Å². The maximum absolute atomic E-state index is 12.1. The lowest BCUT2D eigenvalue weighted by molar-refractivity contribution is 0.574. The third-order valence-electron chi connectivity index (χ3n) is 3.32. The van der Waals surface area contributed by atoms with Crippen LogP contribution < -0.4 is 4.72 Å². The second kappa shape index (κ2) is 7.47. The van der Waals surface area contributed by atoms with Crippen LogP contribution in [0.1, 0.15) is 24.0 Å². The van der Waals surface area contributed by atoms with Crippen LogP contribution in [0.15, 0.2) is 48.5 Å². The van der Waals surface area contributed by atoms with Crippen molar-refractivity contribution in [2.75, 3.05) is 6.54 Å². The third kappa shape index (κ3) is 4.99. The van der Waals surface area contributed by atoms with Crippen LogP contribution in [0.3, 0.4) is 0 Å². The van der Waals surface area contributed by atoms with Crippen molar-refractivity contribution >= 4 is 33.2 Å². The predicted molar refractivity (Wildman–Crippen MR) is 91.9 cm³/mol. The molecule has 0 unspecified atom stereocenters. The van der Waals surface area contributed by atoms with Crippen molar-refractivity contribution in [2.24, 2.45) is 0 Å². The monoisotopic (exact) mass is 357 g/mol. The van der Waals surface area contributed by atoms with Crippen LogP contribution in [0.5, 0.6) is 0 Å². The minimum absolute atomic E-state index is 0.102. The Kier molecular flexibility index (Phi) is 5.87. The molecular weight excluding hydrogens is 341 g/mol. The molecule has 0 aliphatic rings. The molecule has 0 spiro atoms. The zero-order valence-electron chi connectivity index (χ0n) is 12.1. The minimum Gasteiger partial charge on any atom is -0.214 e. The van der Waals surface area contributed by atoms with E-state index in [1.807, 2.05) is 37.3 Å². The predicted octanol–water partition coefficient (Wildman–Crippen LogP) is 4.22. The van der Waals surface area contributed by atoms with Gasteiger partial charge in [0.15, 0.2) is 0 Å². The highest BCUT2D eigenvalue weighted by atomic mass is 35.5. The van der Waals surface area contributed by atoms with Crippen molar-refractivity contribution in [1.82, 2.24) is 4.72 Å². The van der Waals surface area contributed by atoms with E-state index in [2.05, 4.69) is 4.72 Å². The minimum atomic E-state index is -3.42. The van der Waals surface area contributed by atoms with E-state index in [-0.39, 0.29) is 11.7 Å². The highest BCUT2D eigenvalue weighted by Crippen LogP contribution is 2.23. The molecule has 2 aromatic carbocycles. The average molecular weight is 358 g/mol. The molecule has 1 atom stereocenters. The van der Waals surface area contributed by atoms with Crippen molar-refractivity contribution in [1.29, 1.82) is 0 Å². The Morgan fingerprint density at radius 2 is 1.73 bits per heavy atom. The van der Waals surface area contributed by atoms with E-state index in [1.54, 1.807) is 18.2 Å². The summed E-state index contributed by atoms with van der Waals surface area (Å²) in [5, 5.41) is 0.764. The van der Waals surface area contributed by atoms with Gasteiger partial charge in [0.2, 0.25) is 10.0 Å². The molecule has 2 rings (SSSR count). The molecule has 0 radical (unpaired) electrons. The Labute approximate surface area is 141 Å². The molecule has 3 nitrogen and oxygen atoms in total. The molecule has 6 heteroatoms. The topological polar surface area (TPSA) is 46.2 Å². The molecule has 0 heterocycles. The van der Waals surface area contributed by atoms with Gasteiger partial charge in [-0.3, -0.25) is 0 Å². The van der Waals surface area contributed by atoms with Gasteiger partial charge in [0.1, 0.15) is 0 Å². The van der Waals surface area contributed by atoms with Gasteiger partial charge in [0.25, 0.3) is 0 Å². The summed E-state index contributed by atoms with van der Waals surface area (Å²) in [5.41, 5.74) is 1.70. The number of hydrogen-bond acceptors (Lipinski definition) is 2.